The van der Waals surface area contributed by atoms with Gasteiger partial charge in [0, 0.05) is 21.2 Å². The highest BCUT2D eigenvalue weighted by Gasteiger charge is 2.08. The van der Waals surface area contributed by atoms with Gasteiger partial charge >= 0.3 is 0 Å². The molecule has 0 radical (unpaired) electrons. The van der Waals surface area contributed by atoms with Crippen molar-refractivity contribution in [2.75, 3.05) is 11.5 Å². The average molecular weight is 203 g/mol. The molecule has 0 unspecified atom stereocenters. The van der Waals surface area contributed by atoms with Gasteiger partial charge in [0.1, 0.15) is 0 Å². The van der Waals surface area contributed by atoms with Crippen molar-refractivity contribution in [2.45, 2.75) is 6.42 Å². The Hall–Kier alpha value is -1.73. The lowest BCUT2D eigenvalue weighted by Gasteiger charge is -2.03. The zero-order valence-electron chi connectivity index (χ0n) is 7.45. The monoisotopic (exact) mass is 203 g/mol. The molecule has 3 nitrogen and oxygen atoms in total. The van der Waals surface area contributed by atoms with E-state index >= 15 is 0 Å². The number of rotatable bonds is 1. The summed E-state index contributed by atoms with van der Waals surface area (Å²) in [4.78, 5) is 0. The van der Waals surface area contributed by atoms with Crippen molar-refractivity contribution in [1.29, 1.82) is 5.26 Å². The molecule has 0 saturated carbocycles. The summed E-state index contributed by atoms with van der Waals surface area (Å²) in [7, 11) is 0. The lowest BCUT2D eigenvalue weighted by Crippen LogP contribution is -1.95. The Morgan fingerprint density at radius 2 is 2.14 bits per heavy atom. The molecule has 1 aromatic heterocycles. The molecule has 0 aliphatic heterocycles. The molecule has 4 heteroatoms. The van der Waals surface area contributed by atoms with Crippen molar-refractivity contribution >= 4 is 32.8 Å². The Morgan fingerprint density at radius 3 is 2.86 bits per heavy atom. The number of hydrogen-bond acceptors (Lipinski definition) is 4. The smallest absolute Gasteiger partial charge is 0.0670 e. The predicted octanol–water partition coefficient (Wildman–Crippen LogP) is 2.13. The van der Waals surface area contributed by atoms with Crippen LogP contribution in [-0.4, -0.2) is 0 Å². The molecular weight excluding hydrogens is 194 g/mol. The SMILES string of the molecule is N#CCc1ccc2scc(N)c2c1N. The summed E-state index contributed by atoms with van der Waals surface area (Å²) in [5.74, 6) is 0. The van der Waals surface area contributed by atoms with Crippen LogP contribution in [0.1, 0.15) is 5.56 Å². The van der Waals surface area contributed by atoms with Crippen molar-refractivity contribution in [3.8, 4) is 6.07 Å². The van der Waals surface area contributed by atoms with E-state index in [2.05, 4.69) is 6.07 Å². The molecular formula is C10H9N3S. The van der Waals surface area contributed by atoms with Gasteiger partial charge in [-0.1, -0.05) is 6.07 Å². The molecule has 1 aromatic carbocycles. The van der Waals surface area contributed by atoms with Crippen LogP contribution < -0.4 is 11.5 Å². The largest absolute Gasteiger partial charge is 0.398 e. The molecule has 0 atom stereocenters. The summed E-state index contributed by atoms with van der Waals surface area (Å²) >= 11 is 1.57. The standard InChI is InChI=1S/C10H9N3S/c11-4-3-6-1-2-8-9(10(6)13)7(12)5-14-8/h1-2,5H,3,12-13H2. The average Bonchev–Trinajstić information content (AvgIpc) is 2.54. The highest BCUT2D eigenvalue weighted by atomic mass is 32.1. The number of benzene rings is 1. The summed E-state index contributed by atoms with van der Waals surface area (Å²) in [6.45, 7) is 0. The second-order valence-electron chi connectivity index (χ2n) is 3.04. The van der Waals surface area contributed by atoms with Gasteiger partial charge in [0.15, 0.2) is 0 Å². The maximum absolute atomic E-state index is 8.60. The van der Waals surface area contributed by atoms with E-state index in [1.165, 1.54) is 0 Å². The molecule has 0 bridgehead atoms. The molecule has 1 heterocycles. The van der Waals surface area contributed by atoms with Crippen LogP contribution >= 0.6 is 11.3 Å². The normalized spacial score (nSPS) is 10.2. The fourth-order valence-corrected chi connectivity index (χ4v) is 2.33. The fraction of sp³-hybridized carbons (Fsp3) is 0.100. The molecule has 0 aliphatic carbocycles. The van der Waals surface area contributed by atoms with Gasteiger partial charge in [-0.25, -0.2) is 0 Å². The molecule has 0 spiro atoms. The number of fused-ring (bicyclic) bond motifs is 1. The minimum Gasteiger partial charge on any atom is -0.398 e. The molecule has 0 fully saturated rings. The molecule has 70 valence electrons. The van der Waals surface area contributed by atoms with E-state index in [0.717, 1.165) is 15.6 Å². The van der Waals surface area contributed by atoms with Crippen LogP contribution in [0, 0.1) is 11.3 Å². The molecule has 0 saturated heterocycles. The van der Waals surface area contributed by atoms with E-state index in [9.17, 15) is 0 Å². The zero-order valence-corrected chi connectivity index (χ0v) is 8.27. The fourth-order valence-electron chi connectivity index (χ4n) is 1.46. The summed E-state index contributed by atoms with van der Waals surface area (Å²) in [6.07, 6.45) is 0.330. The summed E-state index contributed by atoms with van der Waals surface area (Å²) in [6, 6.07) is 5.93. The number of nitrogen functional groups attached to an aromatic ring is 2. The quantitative estimate of drug-likeness (QED) is 0.697. The first-order valence-electron chi connectivity index (χ1n) is 4.15. The number of nitrogens with two attached hydrogens (primary N) is 2. The van der Waals surface area contributed by atoms with Gasteiger partial charge in [-0.3, -0.25) is 0 Å². The zero-order chi connectivity index (χ0) is 10.1. The van der Waals surface area contributed by atoms with Crippen molar-refractivity contribution in [2.24, 2.45) is 0 Å². The number of hydrogen-bond donors (Lipinski definition) is 2. The van der Waals surface area contributed by atoms with Gasteiger partial charge in [0.05, 0.1) is 18.2 Å². The maximum atomic E-state index is 8.60. The third-order valence-corrected chi connectivity index (χ3v) is 3.13. The van der Waals surface area contributed by atoms with E-state index in [4.69, 9.17) is 16.7 Å². The Balaban J connectivity index is 2.74. The molecule has 0 aliphatic rings. The number of thiophene rings is 1. The minimum absolute atomic E-state index is 0.330. The van der Waals surface area contributed by atoms with E-state index in [1.807, 2.05) is 17.5 Å². The van der Waals surface area contributed by atoms with E-state index in [0.29, 0.717) is 17.8 Å². The lowest BCUT2D eigenvalue weighted by molar-refractivity contribution is 1.28. The number of nitriles is 1. The van der Waals surface area contributed by atoms with Crippen LogP contribution in [0.15, 0.2) is 17.5 Å². The van der Waals surface area contributed by atoms with Crippen LogP contribution in [0.5, 0.6) is 0 Å². The minimum atomic E-state index is 0.330. The molecule has 0 amide bonds. The van der Waals surface area contributed by atoms with Crippen molar-refractivity contribution in [1.82, 2.24) is 0 Å². The Bertz CT molecular complexity index is 522. The van der Waals surface area contributed by atoms with E-state index < -0.39 is 0 Å². The van der Waals surface area contributed by atoms with Crippen LogP contribution in [0.2, 0.25) is 0 Å². The Labute approximate surface area is 85.6 Å². The summed E-state index contributed by atoms with van der Waals surface area (Å²) in [5, 5.41) is 11.4. The predicted molar refractivity (Wildman–Crippen MR) is 60.0 cm³/mol. The number of anilines is 2. The van der Waals surface area contributed by atoms with Gasteiger partial charge < -0.3 is 11.5 Å². The summed E-state index contributed by atoms with van der Waals surface area (Å²) < 4.78 is 1.07. The molecule has 4 N–H and O–H groups in total. The first-order chi connectivity index (χ1) is 6.74. The van der Waals surface area contributed by atoms with Gasteiger partial charge in [-0.2, -0.15) is 5.26 Å². The van der Waals surface area contributed by atoms with Gasteiger partial charge in [0.2, 0.25) is 0 Å². The second kappa shape index (κ2) is 3.20. The van der Waals surface area contributed by atoms with Gasteiger partial charge in [-0.15, -0.1) is 11.3 Å². The molecule has 2 rings (SSSR count). The van der Waals surface area contributed by atoms with Crippen molar-refractivity contribution < 1.29 is 0 Å². The van der Waals surface area contributed by atoms with Gasteiger partial charge in [-0.05, 0) is 11.6 Å². The summed E-state index contributed by atoms with van der Waals surface area (Å²) in [5.41, 5.74) is 13.9. The molecule has 14 heavy (non-hydrogen) atoms. The molecule has 2 aromatic rings. The maximum Gasteiger partial charge on any atom is 0.0670 e. The van der Waals surface area contributed by atoms with Crippen LogP contribution in [-0.2, 0) is 6.42 Å². The topological polar surface area (TPSA) is 75.8 Å². The Kier molecular flexibility index (Phi) is 2.02. The van der Waals surface area contributed by atoms with Crippen molar-refractivity contribution in [3.05, 3.63) is 23.1 Å². The Morgan fingerprint density at radius 1 is 1.36 bits per heavy atom. The van der Waals surface area contributed by atoms with Crippen LogP contribution in [0.25, 0.3) is 10.1 Å². The second-order valence-corrected chi connectivity index (χ2v) is 3.95. The number of nitrogens with zero attached hydrogens (tertiary/aromatic N) is 1. The van der Waals surface area contributed by atoms with E-state index in [1.54, 1.807) is 11.3 Å². The van der Waals surface area contributed by atoms with Crippen LogP contribution in [0.4, 0.5) is 11.4 Å². The third-order valence-electron chi connectivity index (χ3n) is 2.17. The van der Waals surface area contributed by atoms with Crippen LogP contribution in [0.3, 0.4) is 0 Å². The van der Waals surface area contributed by atoms with E-state index in [-0.39, 0.29) is 0 Å². The first-order valence-corrected chi connectivity index (χ1v) is 5.03. The van der Waals surface area contributed by atoms with Crippen molar-refractivity contribution in [3.63, 3.8) is 0 Å². The third kappa shape index (κ3) is 1.19. The lowest BCUT2D eigenvalue weighted by atomic mass is 10.1. The first kappa shape index (κ1) is 8.85. The highest BCUT2D eigenvalue weighted by molar-refractivity contribution is 7.17. The van der Waals surface area contributed by atoms with Gasteiger partial charge in [0.25, 0.3) is 0 Å². The highest BCUT2D eigenvalue weighted by Crippen LogP contribution is 2.34.